The molecule has 0 unspecified atom stereocenters. The van der Waals surface area contributed by atoms with Gasteiger partial charge in [-0.05, 0) is 42.3 Å². The van der Waals surface area contributed by atoms with Crippen molar-refractivity contribution >= 4 is 21.6 Å². The molecule has 0 aromatic heterocycles. The van der Waals surface area contributed by atoms with Crippen LogP contribution in [0.3, 0.4) is 0 Å². The molecular weight excluding hydrogens is 340 g/mol. The second kappa shape index (κ2) is 8.02. The van der Waals surface area contributed by atoms with Gasteiger partial charge in [0.2, 0.25) is 0 Å². The number of ether oxygens (including phenoxy) is 1. The Morgan fingerprint density at radius 1 is 1.08 bits per heavy atom. The van der Waals surface area contributed by atoms with E-state index in [-0.39, 0.29) is 6.03 Å². The first kappa shape index (κ1) is 18.8. The number of amides is 2. The summed E-state index contributed by atoms with van der Waals surface area (Å²) < 4.78 is 28.2. The van der Waals surface area contributed by atoms with Crippen LogP contribution in [0.25, 0.3) is 0 Å². The molecule has 0 spiro atoms. The summed E-state index contributed by atoms with van der Waals surface area (Å²) in [5.41, 5.74) is 2.23. The molecule has 6 nitrogen and oxygen atoms in total. The zero-order valence-electron chi connectivity index (χ0n) is 14.4. The Kier molecular flexibility index (Phi) is 6.03. The monoisotopic (exact) mass is 362 g/mol. The highest BCUT2D eigenvalue weighted by Gasteiger charge is 2.16. The average molecular weight is 362 g/mol. The maximum Gasteiger partial charge on any atom is 0.319 e. The van der Waals surface area contributed by atoms with Gasteiger partial charge in [0.1, 0.15) is 5.75 Å². The quantitative estimate of drug-likeness (QED) is 0.827. The third kappa shape index (κ3) is 5.49. The zero-order chi connectivity index (χ0) is 18.4. The highest BCUT2D eigenvalue weighted by atomic mass is 32.2. The van der Waals surface area contributed by atoms with Crippen molar-refractivity contribution in [2.24, 2.45) is 0 Å². The van der Waals surface area contributed by atoms with Crippen molar-refractivity contribution in [3.63, 3.8) is 0 Å². The first-order valence-electron chi connectivity index (χ1n) is 7.76. The topological polar surface area (TPSA) is 84.5 Å². The Balaban J connectivity index is 1.89. The fraction of sp³-hybridized carbons (Fsp3) is 0.278. The van der Waals surface area contributed by atoms with Crippen LogP contribution in [0, 0.1) is 0 Å². The largest absolute Gasteiger partial charge is 0.497 e. The summed E-state index contributed by atoms with van der Waals surface area (Å²) in [6.45, 7) is 2.03. The number of urea groups is 1. The first-order chi connectivity index (χ1) is 11.8. The minimum atomic E-state index is -3.14. The van der Waals surface area contributed by atoms with Gasteiger partial charge < -0.3 is 15.4 Å². The van der Waals surface area contributed by atoms with Crippen molar-refractivity contribution in [3.8, 4) is 5.75 Å². The van der Waals surface area contributed by atoms with Gasteiger partial charge in [-0.2, -0.15) is 0 Å². The van der Waals surface area contributed by atoms with Crippen LogP contribution >= 0.6 is 0 Å². The summed E-state index contributed by atoms with van der Waals surface area (Å²) in [6.07, 6.45) is 1.20. The van der Waals surface area contributed by atoms with Crippen LogP contribution in [-0.4, -0.2) is 27.8 Å². The lowest BCUT2D eigenvalue weighted by atomic mass is 10.1. The van der Waals surface area contributed by atoms with Gasteiger partial charge in [0.05, 0.1) is 12.4 Å². The molecule has 2 N–H and O–H groups in total. The summed E-state index contributed by atoms with van der Waals surface area (Å²) in [5.74, 6) is 0.761. The van der Waals surface area contributed by atoms with Crippen molar-refractivity contribution in [1.82, 2.24) is 5.32 Å². The van der Waals surface area contributed by atoms with Crippen LogP contribution in [0.15, 0.2) is 48.5 Å². The molecule has 0 radical (unpaired) electrons. The van der Waals surface area contributed by atoms with Gasteiger partial charge in [-0.1, -0.05) is 24.3 Å². The standard InChI is InChI=1S/C18H22N2O4S/c1-13(25(3,22)23)15-6-8-16(9-7-15)20-18(21)19-12-14-4-10-17(24-2)11-5-14/h4-11,13H,12H2,1-3H3,(H2,19,20,21)/t13-/m1/s1. The summed E-state index contributed by atoms with van der Waals surface area (Å²) in [4.78, 5) is 11.9. The average Bonchev–Trinajstić information content (AvgIpc) is 2.59. The highest BCUT2D eigenvalue weighted by Crippen LogP contribution is 2.22. The Morgan fingerprint density at radius 2 is 1.68 bits per heavy atom. The van der Waals surface area contributed by atoms with E-state index in [1.807, 2.05) is 24.3 Å². The SMILES string of the molecule is COc1ccc(CNC(=O)Nc2ccc([C@@H](C)S(C)(=O)=O)cc2)cc1. The van der Waals surface area contributed by atoms with Crippen LogP contribution in [-0.2, 0) is 16.4 Å². The van der Waals surface area contributed by atoms with E-state index in [0.717, 1.165) is 11.3 Å². The molecule has 25 heavy (non-hydrogen) atoms. The van der Waals surface area contributed by atoms with E-state index in [1.54, 1.807) is 38.3 Å². The molecule has 2 aromatic carbocycles. The molecule has 0 heterocycles. The van der Waals surface area contributed by atoms with Crippen molar-refractivity contribution in [3.05, 3.63) is 59.7 Å². The molecule has 2 rings (SSSR count). The smallest absolute Gasteiger partial charge is 0.319 e. The van der Waals surface area contributed by atoms with Gasteiger partial charge in [0.15, 0.2) is 9.84 Å². The molecule has 0 saturated heterocycles. The lowest BCUT2D eigenvalue weighted by molar-refractivity contribution is 0.251. The molecule has 0 aliphatic carbocycles. The van der Waals surface area contributed by atoms with E-state index in [2.05, 4.69) is 10.6 Å². The number of anilines is 1. The fourth-order valence-electron chi connectivity index (χ4n) is 2.19. The number of hydrogen-bond donors (Lipinski definition) is 2. The number of carbonyl (C=O) groups excluding carboxylic acids is 1. The molecular formula is C18H22N2O4S. The van der Waals surface area contributed by atoms with Gasteiger partial charge in [-0.3, -0.25) is 0 Å². The minimum Gasteiger partial charge on any atom is -0.497 e. The van der Waals surface area contributed by atoms with Crippen LogP contribution in [0.1, 0.15) is 23.3 Å². The number of rotatable bonds is 6. The third-order valence-electron chi connectivity index (χ3n) is 3.89. The van der Waals surface area contributed by atoms with Crippen LogP contribution in [0.2, 0.25) is 0 Å². The maximum absolute atomic E-state index is 11.9. The summed E-state index contributed by atoms with van der Waals surface area (Å²) in [7, 11) is -1.54. The minimum absolute atomic E-state index is 0.334. The van der Waals surface area contributed by atoms with E-state index in [1.165, 1.54) is 6.26 Å². The Morgan fingerprint density at radius 3 is 2.20 bits per heavy atom. The zero-order valence-corrected chi connectivity index (χ0v) is 15.3. The molecule has 1 atom stereocenters. The number of carbonyl (C=O) groups is 1. The van der Waals surface area contributed by atoms with Crippen molar-refractivity contribution in [2.75, 3.05) is 18.7 Å². The Labute approximate surface area is 148 Å². The van der Waals surface area contributed by atoms with E-state index in [0.29, 0.717) is 17.8 Å². The molecule has 0 fully saturated rings. The first-order valence-corrected chi connectivity index (χ1v) is 9.71. The summed E-state index contributed by atoms with van der Waals surface area (Å²) in [6, 6.07) is 13.8. The van der Waals surface area contributed by atoms with Crippen molar-refractivity contribution in [1.29, 1.82) is 0 Å². The number of nitrogens with one attached hydrogen (secondary N) is 2. The summed E-state index contributed by atoms with van der Waals surface area (Å²) >= 11 is 0. The fourth-order valence-corrected chi connectivity index (χ4v) is 2.84. The molecule has 2 amide bonds. The molecule has 0 saturated carbocycles. The second-order valence-electron chi connectivity index (χ2n) is 5.75. The van der Waals surface area contributed by atoms with Crippen LogP contribution in [0.4, 0.5) is 10.5 Å². The van der Waals surface area contributed by atoms with Crippen LogP contribution < -0.4 is 15.4 Å². The van der Waals surface area contributed by atoms with E-state index in [4.69, 9.17) is 4.74 Å². The van der Waals surface area contributed by atoms with Gasteiger partial charge in [0.25, 0.3) is 0 Å². The molecule has 0 bridgehead atoms. The third-order valence-corrected chi connectivity index (χ3v) is 5.45. The molecule has 0 aliphatic rings. The number of sulfone groups is 1. The molecule has 2 aromatic rings. The van der Waals surface area contributed by atoms with Crippen molar-refractivity contribution in [2.45, 2.75) is 18.7 Å². The predicted molar refractivity (Wildman–Crippen MR) is 98.6 cm³/mol. The molecule has 7 heteroatoms. The second-order valence-corrected chi connectivity index (χ2v) is 8.12. The highest BCUT2D eigenvalue weighted by molar-refractivity contribution is 7.90. The number of methoxy groups -OCH3 is 1. The van der Waals surface area contributed by atoms with E-state index in [9.17, 15) is 13.2 Å². The van der Waals surface area contributed by atoms with Gasteiger partial charge in [-0.15, -0.1) is 0 Å². The Hall–Kier alpha value is -2.54. The maximum atomic E-state index is 11.9. The number of hydrogen-bond acceptors (Lipinski definition) is 4. The van der Waals surface area contributed by atoms with Crippen LogP contribution in [0.5, 0.6) is 5.75 Å². The molecule has 0 aliphatic heterocycles. The van der Waals surface area contributed by atoms with E-state index >= 15 is 0 Å². The van der Waals surface area contributed by atoms with E-state index < -0.39 is 15.1 Å². The lowest BCUT2D eigenvalue weighted by Crippen LogP contribution is -2.28. The summed E-state index contributed by atoms with van der Waals surface area (Å²) in [5, 5.41) is 4.90. The molecule has 134 valence electrons. The van der Waals surface area contributed by atoms with Gasteiger partial charge in [0, 0.05) is 18.5 Å². The lowest BCUT2D eigenvalue weighted by Gasteiger charge is -2.12. The van der Waals surface area contributed by atoms with Gasteiger partial charge in [-0.25, -0.2) is 13.2 Å². The number of benzene rings is 2. The normalized spacial score (nSPS) is 12.3. The predicted octanol–water partition coefficient (Wildman–Crippen LogP) is 3.12. The van der Waals surface area contributed by atoms with Crippen molar-refractivity contribution < 1.29 is 17.9 Å². The van der Waals surface area contributed by atoms with Gasteiger partial charge >= 0.3 is 6.03 Å². The Bertz CT molecular complexity index is 815.